The van der Waals surface area contributed by atoms with Crippen molar-refractivity contribution in [3.8, 4) is 0 Å². The van der Waals surface area contributed by atoms with Gasteiger partial charge in [-0.2, -0.15) is 0 Å². The molecule has 1 amide bonds. The predicted molar refractivity (Wildman–Crippen MR) is 60.2 cm³/mol. The molecule has 1 aromatic heterocycles. The normalized spacial score (nSPS) is 10.2. The minimum atomic E-state index is -0.0860. The lowest BCUT2D eigenvalue weighted by atomic mass is 10.3. The molecule has 0 aromatic carbocycles. The number of carbonyl (C=O) groups excluding carboxylic acids is 1. The zero-order valence-electron chi connectivity index (χ0n) is 7.86. The molecular formula is C9H12BrNO2S. The highest BCUT2D eigenvalue weighted by atomic mass is 79.9. The molecule has 1 heterocycles. The number of amides is 1. The Morgan fingerprint density at radius 1 is 1.71 bits per heavy atom. The fourth-order valence-corrected chi connectivity index (χ4v) is 2.55. The summed E-state index contributed by atoms with van der Waals surface area (Å²) in [7, 11) is 1.74. The van der Waals surface area contributed by atoms with Crippen LogP contribution >= 0.6 is 27.3 Å². The van der Waals surface area contributed by atoms with Gasteiger partial charge in [0.1, 0.15) is 0 Å². The summed E-state index contributed by atoms with van der Waals surface area (Å²) in [6, 6.07) is 1.99. The molecule has 0 saturated carbocycles. The van der Waals surface area contributed by atoms with E-state index in [0.29, 0.717) is 6.54 Å². The van der Waals surface area contributed by atoms with E-state index < -0.39 is 0 Å². The van der Waals surface area contributed by atoms with Gasteiger partial charge in [0.2, 0.25) is 5.91 Å². The van der Waals surface area contributed by atoms with Gasteiger partial charge in [-0.15, -0.1) is 11.3 Å². The Balaban J connectivity index is 2.48. The van der Waals surface area contributed by atoms with E-state index in [-0.39, 0.29) is 18.9 Å². The molecule has 0 aliphatic heterocycles. The van der Waals surface area contributed by atoms with Gasteiger partial charge < -0.3 is 10.0 Å². The van der Waals surface area contributed by atoms with Gasteiger partial charge in [-0.25, -0.2) is 0 Å². The van der Waals surface area contributed by atoms with Crippen molar-refractivity contribution in [2.75, 3.05) is 13.7 Å². The summed E-state index contributed by atoms with van der Waals surface area (Å²) in [5, 5.41) is 10.6. The van der Waals surface area contributed by atoms with E-state index in [1.165, 1.54) is 0 Å². The third-order valence-electron chi connectivity index (χ3n) is 1.77. The number of thiophene rings is 1. The maximum absolute atomic E-state index is 11.3. The van der Waals surface area contributed by atoms with Gasteiger partial charge in [0, 0.05) is 28.2 Å². The van der Waals surface area contributed by atoms with Crippen LogP contribution in [-0.4, -0.2) is 29.6 Å². The quantitative estimate of drug-likeness (QED) is 0.913. The summed E-state index contributed by atoms with van der Waals surface area (Å²) in [6.45, 7) is 0.520. The molecule has 0 bridgehead atoms. The number of hydrogen-bond acceptors (Lipinski definition) is 3. The number of aliphatic hydroxyl groups is 1. The first-order valence-electron chi connectivity index (χ1n) is 4.21. The average molecular weight is 278 g/mol. The van der Waals surface area contributed by atoms with Crippen LogP contribution in [-0.2, 0) is 11.3 Å². The van der Waals surface area contributed by atoms with Crippen LogP contribution in [0.15, 0.2) is 15.9 Å². The molecule has 5 heteroatoms. The summed E-state index contributed by atoms with van der Waals surface area (Å²) >= 11 is 4.97. The van der Waals surface area contributed by atoms with E-state index in [0.717, 1.165) is 9.35 Å². The minimum Gasteiger partial charge on any atom is -0.396 e. The molecule has 0 unspecified atom stereocenters. The molecule has 0 saturated heterocycles. The van der Waals surface area contributed by atoms with Crippen molar-refractivity contribution in [3.05, 3.63) is 20.8 Å². The lowest BCUT2D eigenvalue weighted by Gasteiger charge is -2.15. The van der Waals surface area contributed by atoms with E-state index in [4.69, 9.17) is 5.11 Å². The molecule has 78 valence electrons. The van der Waals surface area contributed by atoms with Crippen LogP contribution in [0.25, 0.3) is 0 Å². The second-order valence-electron chi connectivity index (χ2n) is 2.95. The number of halogens is 1. The van der Waals surface area contributed by atoms with Gasteiger partial charge in [-0.05, 0) is 22.0 Å². The van der Waals surface area contributed by atoms with Crippen LogP contribution in [0.4, 0.5) is 0 Å². The molecule has 0 radical (unpaired) electrons. The molecule has 0 spiro atoms. The Kier molecular flexibility index (Phi) is 4.57. The van der Waals surface area contributed by atoms with Gasteiger partial charge in [0.15, 0.2) is 0 Å². The van der Waals surface area contributed by atoms with Crippen molar-refractivity contribution in [1.29, 1.82) is 0 Å². The summed E-state index contributed by atoms with van der Waals surface area (Å²) in [4.78, 5) is 14.1. The van der Waals surface area contributed by atoms with Crippen molar-refractivity contribution in [2.24, 2.45) is 0 Å². The van der Waals surface area contributed by atoms with E-state index in [9.17, 15) is 4.79 Å². The first kappa shape index (κ1) is 11.7. The zero-order valence-corrected chi connectivity index (χ0v) is 10.3. The Bertz CT molecular complexity index is 314. The van der Waals surface area contributed by atoms with Gasteiger partial charge in [-0.3, -0.25) is 4.79 Å². The van der Waals surface area contributed by atoms with Gasteiger partial charge in [-0.1, -0.05) is 0 Å². The number of hydrogen-bond donors (Lipinski definition) is 1. The highest BCUT2D eigenvalue weighted by Crippen LogP contribution is 2.20. The van der Waals surface area contributed by atoms with Crippen LogP contribution in [0.1, 0.15) is 11.3 Å². The van der Waals surface area contributed by atoms with Crippen molar-refractivity contribution < 1.29 is 9.90 Å². The smallest absolute Gasteiger partial charge is 0.224 e. The summed E-state index contributed by atoms with van der Waals surface area (Å²) < 4.78 is 1.04. The first-order valence-corrected chi connectivity index (χ1v) is 5.88. The fourth-order valence-electron chi connectivity index (χ4n) is 1.05. The molecule has 0 atom stereocenters. The van der Waals surface area contributed by atoms with Crippen molar-refractivity contribution in [1.82, 2.24) is 4.90 Å². The molecule has 1 aromatic rings. The monoisotopic (exact) mass is 277 g/mol. The maximum atomic E-state index is 11.3. The van der Waals surface area contributed by atoms with Crippen LogP contribution in [0, 0.1) is 0 Å². The lowest BCUT2D eigenvalue weighted by Crippen LogP contribution is -2.26. The lowest BCUT2D eigenvalue weighted by molar-refractivity contribution is -0.131. The zero-order chi connectivity index (χ0) is 10.6. The second kappa shape index (κ2) is 5.48. The SMILES string of the molecule is CN(Cc1cc(Br)cs1)C(=O)CCO. The fraction of sp³-hybridized carbons (Fsp3) is 0.444. The first-order chi connectivity index (χ1) is 6.63. The molecule has 1 N–H and O–H groups in total. The Labute approximate surface area is 95.5 Å². The van der Waals surface area contributed by atoms with Gasteiger partial charge >= 0.3 is 0 Å². The molecule has 0 fully saturated rings. The predicted octanol–water partition coefficient (Wildman–Crippen LogP) is 1.85. The van der Waals surface area contributed by atoms with E-state index in [1.807, 2.05) is 11.4 Å². The van der Waals surface area contributed by atoms with Crippen LogP contribution in [0.5, 0.6) is 0 Å². The summed E-state index contributed by atoms with van der Waals surface area (Å²) in [5.74, 6) is -0.0305. The van der Waals surface area contributed by atoms with Crippen LogP contribution < -0.4 is 0 Å². The Hall–Kier alpha value is -0.390. The third kappa shape index (κ3) is 3.40. The second-order valence-corrected chi connectivity index (χ2v) is 4.87. The highest BCUT2D eigenvalue weighted by molar-refractivity contribution is 9.10. The average Bonchev–Trinajstić information content (AvgIpc) is 2.51. The van der Waals surface area contributed by atoms with Crippen LogP contribution in [0.3, 0.4) is 0 Å². The molecule has 0 aliphatic carbocycles. The van der Waals surface area contributed by atoms with Gasteiger partial charge in [0.25, 0.3) is 0 Å². The number of nitrogens with zero attached hydrogens (tertiary/aromatic N) is 1. The largest absolute Gasteiger partial charge is 0.396 e. The summed E-state index contributed by atoms with van der Waals surface area (Å²) in [5.41, 5.74) is 0. The van der Waals surface area contributed by atoms with Gasteiger partial charge in [0.05, 0.1) is 13.2 Å². The van der Waals surface area contributed by atoms with Crippen LogP contribution in [0.2, 0.25) is 0 Å². The topological polar surface area (TPSA) is 40.5 Å². The minimum absolute atomic E-state index is 0.0305. The van der Waals surface area contributed by atoms with E-state index in [2.05, 4.69) is 15.9 Å². The molecule has 3 nitrogen and oxygen atoms in total. The molecule has 1 rings (SSSR count). The Morgan fingerprint density at radius 3 is 2.93 bits per heavy atom. The number of carbonyl (C=O) groups is 1. The standard InChI is InChI=1S/C9H12BrNO2S/c1-11(9(13)2-3-12)5-8-4-7(10)6-14-8/h4,6,12H,2-3,5H2,1H3. The number of rotatable bonds is 4. The van der Waals surface area contributed by atoms with Crippen molar-refractivity contribution >= 4 is 33.2 Å². The Morgan fingerprint density at radius 2 is 2.43 bits per heavy atom. The van der Waals surface area contributed by atoms with E-state index >= 15 is 0 Å². The molecule has 0 aliphatic rings. The maximum Gasteiger partial charge on any atom is 0.224 e. The van der Waals surface area contributed by atoms with Crippen molar-refractivity contribution in [3.63, 3.8) is 0 Å². The summed E-state index contributed by atoms with van der Waals surface area (Å²) in [6.07, 6.45) is 0.197. The molecular weight excluding hydrogens is 266 g/mol. The van der Waals surface area contributed by atoms with E-state index in [1.54, 1.807) is 23.3 Å². The highest BCUT2D eigenvalue weighted by Gasteiger charge is 2.09. The van der Waals surface area contributed by atoms with Crippen molar-refractivity contribution in [2.45, 2.75) is 13.0 Å². The number of aliphatic hydroxyl groups excluding tert-OH is 1. The third-order valence-corrected chi connectivity index (χ3v) is 3.45. The molecule has 14 heavy (non-hydrogen) atoms.